The van der Waals surface area contributed by atoms with E-state index in [0.717, 1.165) is 42.5 Å². The molecule has 114 valence electrons. The molecule has 1 aromatic heterocycles. The second-order valence-corrected chi connectivity index (χ2v) is 6.09. The SMILES string of the molecule is CSc1ccc(/C=N\NC(=O)c2n[nH]c3c2CCCC3)cc1. The highest BCUT2D eigenvalue weighted by atomic mass is 32.2. The Morgan fingerprint density at radius 3 is 2.86 bits per heavy atom. The van der Waals surface area contributed by atoms with Crippen molar-refractivity contribution in [3.8, 4) is 0 Å². The molecule has 2 aromatic rings. The number of aromatic amines is 1. The van der Waals surface area contributed by atoms with Gasteiger partial charge in [0.05, 0.1) is 6.21 Å². The predicted octanol–water partition coefficient (Wildman–Crippen LogP) is 2.77. The van der Waals surface area contributed by atoms with Crippen LogP contribution in [-0.2, 0) is 12.8 Å². The molecule has 22 heavy (non-hydrogen) atoms. The van der Waals surface area contributed by atoms with Gasteiger partial charge in [0.1, 0.15) is 0 Å². The summed E-state index contributed by atoms with van der Waals surface area (Å²) in [7, 11) is 0. The van der Waals surface area contributed by atoms with E-state index >= 15 is 0 Å². The van der Waals surface area contributed by atoms with Crippen LogP contribution in [0, 0.1) is 0 Å². The number of thioether (sulfide) groups is 1. The molecule has 0 unspecified atom stereocenters. The first-order chi connectivity index (χ1) is 10.8. The number of carbonyl (C=O) groups excluding carboxylic acids is 1. The molecule has 0 radical (unpaired) electrons. The summed E-state index contributed by atoms with van der Waals surface area (Å²) < 4.78 is 0. The van der Waals surface area contributed by atoms with E-state index in [4.69, 9.17) is 0 Å². The van der Waals surface area contributed by atoms with Crippen molar-refractivity contribution < 1.29 is 4.79 Å². The number of rotatable bonds is 4. The number of aromatic nitrogens is 2. The second kappa shape index (κ2) is 6.79. The molecule has 0 atom stereocenters. The normalized spacial score (nSPS) is 14.0. The van der Waals surface area contributed by atoms with Gasteiger partial charge in [-0.25, -0.2) is 5.43 Å². The van der Waals surface area contributed by atoms with Crippen LogP contribution >= 0.6 is 11.8 Å². The third-order valence-corrected chi connectivity index (χ3v) is 4.51. The van der Waals surface area contributed by atoms with E-state index in [0.29, 0.717) is 5.69 Å². The number of fused-ring (bicyclic) bond motifs is 1. The van der Waals surface area contributed by atoms with Crippen molar-refractivity contribution in [1.82, 2.24) is 15.6 Å². The van der Waals surface area contributed by atoms with Gasteiger partial charge < -0.3 is 0 Å². The number of nitrogens with zero attached hydrogens (tertiary/aromatic N) is 2. The number of amides is 1. The Labute approximate surface area is 133 Å². The fraction of sp³-hybridized carbons (Fsp3) is 0.312. The van der Waals surface area contributed by atoms with Gasteiger partial charge in [-0.1, -0.05) is 12.1 Å². The fourth-order valence-electron chi connectivity index (χ4n) is 2.58. The van der Waals surface area contributed by atoms with Crippen molar-refractivity contribution >= 4 is 23.9 Å². The largest absolute Gasteiger partial charge is 0.292 e. The molecule has 1 aliphatic rings. The number of aryl methyl sites for hydroxylation is 1. The van der Waals surface area contributed by atoms with Gasteiger partial charge in [0.25, 0.3) is 5.91 Å². The van der Waals surface area contributed by atoms with Gasteiger partial charge >= 0.3 is 0 Å². The molecular weight excluding hydrogens is 296 g/mol. The van der Waals surface area contributed by atoms with E-state index in [2.05, 4.69) is 20.7 Å². The monoisotopic (exact) mass is 314 g/mol. The summed E-state index contributed by atoms with van der Waals surface area (Å²) in [6.45, 7) is 0. The minimum atomic E-state index is -0.253. The van der Waals surface area contributed by atoms with Crippen molar-refractivity contribution in [2.24, 2.45) is 5.10 Å². The minimum absolute atomic E-state index is 0.253. The number of H-pyrrole nitrogens is 1. The molecule has 3 rings (SSSR count). The smallest absolute Gasteiger partial charge is 0.281 e. The fourth-order valence-corrected chi connectivity index (χ4v) is 2.99. The van der Waals surface area contributed by atoms with Crippen molar-refractivity contribution in [1.29, 1.82) is 0 Å². The number of benzene rings is 1. The minimum Gasteiger partial charge on any atom is -0.281 e. The Morgan fingerprint density at radius 1 is 1.32 bits per heavy atom. The number of carbonyl (C=O) groups is 1. The molecule has 0 bridgehead atoms. The summed E-state index contributed by atoms with van der Waals surface area (Å²) in [6.07, 6.45) is 7.82. The van der Waals surface area contributed by atoms with E-state index in [1.54, 1.807) is 18.0 Å². The van der Waals surface area contributed by atoms with Crippen molar-refractivity contribution in [2.45, 2.75) is 30.6 Å². The first-order valence-electron chi connectivity index (χ1n) is 7.31. The lowest BCUT2D eigenvalue weighted by molar-refractivity contribution is 0.0949. The predicted molar refractivity (Wildman–Crippen MR) is 88.5 cm³/mol. The van der Waals surface area contributed by atoms with Crippen LogP contribution in [0.5, 0.6) is 0 Å². The standard InChI is InChI=1S/C16H18N4OS/c1-22-12-8-6-11(7-9-12)10-17-20-16(21)15-13-4-2-3-5-14(13)18-19-15/h6-10H,2-5H2,1H3,(H,18,19)(H,20,21)/b17-10-. The van der Waals surface area contributed by atoms with Crippen LogP contribution in [0.3, 0.4) is 0 Å². The Bertz CT molecular complexity index is 691. The zero-order valence-electron chi connectivity index (χ0n) is 12.4. The van der Waals surface area contributed by atoms with Crippen molar-refractivity contribution in [3.63, 3.8) is 0 Å². The van der Waals surface area contributed by atoms with Gasteiger partial charge in [0, 0.05) is 16.2 Å². The summed E-state index contributed by atoms with van der Waals surface area (Å²) >= 11 is 1.69. The summed E-state index contributed by atoms with van der Waals surface area (Å²) in [5, 5.41) is 11.1. The second-order valence-electron chi connectivity index (χ2n) is 5.21. The number of hydrogen-bond acceptors (Lipinski definition) is 4. The lowest BCUT2D eigenvalue weighted by Gasteiger charge is -2.10. The number of hydrogen-bond donors (Lipinski definition) is 2. The summed E-state index contributed by atoms with van der Waals surface area (Å²) in [5.41, 5.74) is 6.11. The summed E-state index contributed by atoms with van der Waals surface area (Å²) in [4.78, 5) is 13.4. The molecule has 0 spiro atoms. The van der Waals surface area contributed by atoms with E-state index in [-0.39, 0.29) is 5.91 Å². The molecule has 0 fully saturated rings. The van der Waals surface area contributed by atoms with Crippen LogP contribution in [0.25, 0.3) is 0 Å². The van der Waals surface area contributed by atoms with Crippen LogP contribution in [-0.4, -0.2) is 28.6 Å². The molecule has 2 N–H and O–H groups in total. The maximum Gasteiger partial charge on any atom is 0.292 e. The summed E-state index contributed by atoms with van der Waals surface area (Å²) in [5.74, 6) is -0.253. The zero-order chi connectivity index (χ0) is 15.4. The van der Waals surface area contributed by atoms with Crippen LogP contribution < -0.4 is 5.43 Å². The average molecular weight is 314 g/mol. The molecule has 1 aromatic carbocycles. The highest BCUT2D eigenvalue weighted by Crippen LogP contribution is 2.21. The Hall–Kier alpha value is -2.08. The highest BCUT2D eigenvalue weighted by Gasteiger charge is 2.21. The summed E-state index contributed by atoms with van der Waals surface area (Å²) in [6, 6.07) is 7.99. The lowest BCUT2D eigenvalue weighted by Crippen LogP contribution is -2.20. The van der Waals surface area contributed by atoms with E-state index in [1.165, 1.54) is 4.90 Å². The van der Waals surface area contributed by atoms with Crippen LogP contribution in [0.2, 0.25) is 0 Å². The van der Waals surface area contributed by atoms with Crippen LogP contribution in [0.15, 0.2) is 34.3 Å². The molecule has 1 heterocycles. The molecular formula is C16H18N4OS. The molecule has 1 aliphatic carbocycles. The highest BCUT2D eigenvalue weighted by molar-refractivity contribution is 7.98. The quantitative estimate of drug-likeness (QED) is 0.518. The van der Waals surface area contributed by atoms with Gasteiger partial charge in [0.2, 0.25) is 0 Å². The Balaban J connectivity index is 1.64. The van der Waals surface area contributed by atoms with Gasteiger partial charge in [-0.3, -0.25) is 9.89 Å². The number of nitrogens with one attached hydrogen (secondary N) is 2. The molecule has 0 saturated carbocycles. The van der Waals surface area contributed by atoms with Crippen LogP contribution in [0.4, 0.5) is 0 Å². The van der Waals surface area contributed by atoms with Crippen molar-refractivity contribution in [3.05, 3.63) is 46.8 Å². The lowest BCUT2D eigenvalue weighted by atomic mass is 9.96. The number of hydrazone groups is 1. The third kappa shape index (κ3) is 3.22. The third-order valence-electron chi connectivity index (χ3n) is 3.77. The Kier molecular flexibility index (Phi) is 4.58. The molecule has 6 heteroatoms. The first-order valence-corrected chi connectivity index (χ1v) is 8.54. The molecule has 0 aliphatic heterocycles. The molecule has 1 amide bonds. The maximum atomic E-state index is 12.2. The van der Waals surface area contributed by atoms with E-state index in [1.807, 2.05) is 30.5 Å². The first kappa shape index (κ1) is 14.8. The van der Waals surface area contributed by atoms with Gasteiger partial charge in [-0.05, 0) is 49.6 Å². The van der Waals surface area contributed by atoms with Crippen molar-refractivity contribution in [2.75, 3.05) is 6.26 Å². The maximum absolute atomic E-state index is 12.2. The van der Waals surface area contributed by atoms with Crippen LogP contribution in [0.1, 0.15) is 40.2 Å². The topological polar surface area (TPSA) is 70.1 Å². The zero-order valence-corrected chi connectivity index (χ0v) is 13.2. The van der Waals surface area contributed by atoms with Gasteiger partial charge in [-0.2, -0.15) is 10.2 Å². The Morgan fingerprint density at radius 2 is 2.09 bits per heavy atom. The average Bonchev–Trinajstić information content (AvgIpc) is 2.99. The van der Waals surface area contributed by atoms with Gasteiger partial charge in [-0.15, -0.1) is 11.8 Å². The molecule has 5 nitrogen and oxygen atoms in total. The van der Waals surface area contributed by atoms with Gasteiger partial charge in [0.15, 0.2) is 5.69 Å². The molecule has 0 saturated heterocycles. The van der Waals surface area contributed by atoms with E-state index < -0.39 is 0 Å². The van der Waals surface area contributed by atoms with E-state index in [9.17, 15) is 4.79 Å².